The van der Waals surface area contributed by atoms with E-state index in [1.54, 1.807) is 7.11 Å². The predicted octanol–water partition coefficient (Wildman–Crippen LogP) is 2.76. The third kappa shape index (κ3) is 2.24. The maximum atomic E-state index is 5.61. The molecule has 1 aliphatic heterocycles. The van der Waals surface area contributed by atoms with Crippen molar-refractivity contribution < 1.29 is 4.74 Å². The molecule has 0 amide bonds. The summed E-state index contributed by atoms with van der Waals surface area (Å²) in [4.78, 5) is 0. The van der Waals surface area contributed by atoms with E-state index in [1.165, 1.54) is 18.4 Å². The van der Waals surface area contributed by atoms with Crippen LogP contribution in [0.3, 0.4) is 0 Å². The predicted molar refractivity (Wildman–Crippen MR) is 76.0 cm³/mol. The minimum atomic E-state index is -0.300. The fourth-order valence-corrected chi connectivity index (χ4v) is 5.37. The summed E-state index contributed by atoms with van der Waals surface area (Å²) in [7, 11) is 1.78. The number of hydrogen-bond donors (Lipinski definition) is 0. The van der Waals surface area contributed by atoms with E-state index in [1.807, 2.05) is 0 Å². The van der Waals surface area contributed by atoms with Crippen molar-refractivity contribution in [2.24, 2.45) is 0 Å². The van der Waals surface area contributed by atoms with Crippen molar-refractivity contribution >= 4 is 28.2 Å². The summed E-state index contributed by atoms with van der Waals surface area (Å²) in [6, 6.07) is 19.3. The molecule has 1 unspecified atom stereocenters. The zero-order valence-corrected chi connectivity index (χ0v) is 12.5. The van der Waals surface area contributed by atoms with E-state index in [9.17, 15) is 0 Å². The van der Waals surface area contributed by atoms with Crippen molar-refractivity contribution in [1.82, 2.24) is 0 Å². The van der Waals surface area contributed by atoms with Crippen LogP contribution in [0.2, 0.25) is 0 Å². The molecule has 18 heavy (non-hydrogen) atoms. The molecule has 90 valence electrons. The van der Waals surface area contributed by atoms with Crippen LogP contribution in [0.4, 0.5) is 0 Å². The van der Waals surface area contributed by atoms with E-state index >= 15 is 0 Å². The van der Waals surface area contributed by atoms with Crippen LogP contribution < -0.4 is 3.61 Å². The van der Waals surface area contributed by atoms with Crippen molar-refractivity contribution in [2.75, 3.05) is 7.11 Å². The molecule has 0 N–H and O–H groups in total. The molecule has 0 bridgehead atoms. The monoisotopic (exact) mass is 352 g/mol. The van der Waals surface area contributed by atoms with Gasteiger partial charge in [-0.25, -0.2) is 0 Å². The number of ether oxygens (including phenoxy) is 1. The van der Waals surface area contributed by atoms with Crippen LogP contribution >= 0.6 is 0 Å². The summed E-state index contributed by atoms with van der Waals surface area (Å²) in [6.07, 6.45) is 2.40. The molecular weight excluding hydrogens is 336 g/mol. The van der Waals surface area contributed by atoms with E-state index in [4.69, 9.17) is 4.74 Å². The Bertz CT molecular complexity index is 575. The third-order valence-corrected chi connectivity index (χ3v) is 6.44. The number of hydrogen-bond acceptors (Lipinski definition) is 1. The Balaban J connectivity index is 2.03. The Labute approximate surface area is 118 Å². The Kier molecular flexibility index (Phi) is 3.52. The maximum absolute atomic E-state index is 5.61. The number of benzene rings is 2. The van der Waals surface area contributed by atoms with Crippen molar-refractivity contribution in [1.29, 1.82) is 0 Å². The molecular formula is C16H14OTe. The van der Waals surface area contributed by atoms with Gasteiger partial charge in [0.25, 0.3) is 0 Å². The summed E-state index contributed by atoms with van der Waals surface area (Å²) < 4.78 is 8.59. The van der Waals surface area contributed by atoms with Crippen LogP contribution in [0.5, 0.6) is 0 Å². The topological polar surface area (TPSA) is 9.23 Å². The van der Waals surface area contributed by atoms with Gasteiger partial charge < -0.3 is 0 Å². The fraction of sp³-hybridized carbons (Fsp3) is 0.125. The second kappa shape index (κ2) is 5.28. The molecule has 1 nitrogen and oxygen atoms in total. The van der Waals surface area contributed by atoms with Gasteiger partial charge in [0.15, 0.2) is 0 Å². The number of methoxy groups -OCH3 is 1. The van der Waals surface area contributed by atoms with Crippen molar-refractivity contribution in [3.63, 3.8) is 0 Å². The van der Waals surface area contributed by atoms with Gasteiger partial charge in [0.05, 0.1) is 0 Å². The number of fused-ring (bicyclic) bond motifs is 1. The summed E-state index contributed by atoms with van der Waals surface area (Å²) in [5.41, 5.74) is 2.69. The van der Waals surface area contributed by atoms with Crippen LogP contribution in [-0.2, 0) is 4.74 Å². The summed E-state index contributed by atoms with van der Waals surface area (Å²) >= 11 is -0.300. The molecule has 1 aliphatic rings. The standard InChI is InChI=1S/C16H14OTe/c1-17-14-11-16(12-7-3-2-4-8-12)18-15-10-6-5-9-13(14)15/h2-11,14H,1H3. The third-order valence-electron chi connectivity index (χ3n) is 3.06. The molecule has 1 atom stereocenters. The average molecular weight is 350 g/mol. The first-order chi connectivity index (χ1) is 8.88. The quantitative estimate of drug-likeness (QED) is 0.758. The summed E-state index contributed by atoms with van der Waals surface area (Å²) in [5.74, 6) is 0. The van der Waals surface area contributed by atoms with Crippen LogP contribution in [0.15, 0.2) is 60.7 Å². The molecule has 0 saturated carbocycles. The van der Waals surface area contributed by atoms with Crippen LogP contribution in [-0.4, -0.2) is 28.0 Å². The molecule has 0 aromatic heterocycles. The molecule has 3 rings (SSSR count). The van der Waals surface area contributed by atoms with E-state index in [0.29, 0.717) is 0 Å². The zero-order valence-electron chi connectivity index (χ0n) is 10.2. The molecule has 2 aromatic carbocycles. The van der Waals surface area contributed by atoms with E-state index in [0.717, 1.165) is 0 Å². The molecule has 2 heteroatoms. The first-order valence-electron chi connectivity index (χ1n) is 5.95. The van der Waals surface area contributed by atoms with Gasteiger partial charge in [-0.05, 0) is 0 Å². The van der Waals surface area contributed by atoms with Crippen molar-refractivity contribution in [3.05, 3.63) is 71.8 Å². The SMILES string of the molecule is COC1C=C(c2ccccc2)[Te]c2ccccc21. The molecule has 0 saturated heterocycles. The van der Waals surface area contributed by atoms with Crippen LogP contribution in [0.25, 0.3) is 3.62 Å². The van der Waals surface area contributed by atoms with Gasteiger partial charge in [-0.2, -0.15) is 0 Å². The molecule has 0 spiro atoms. The van der Waals surface area contributed by atoms with Gasteiger partial charge in [-0.15, -0.1) is 0 Å². The summed E-state index contributed by atoms with van der Waals surface area (Å²) in [6.45, 7) is 0. The van der Waals surface area contributed by atoms with Gasteiger partial charge in [-0.1, -0.05) is 0 Å². The second-order valence-corrected chi connectivity index (χ2v) is 7.29. The molecule has 1 heterocycles. The second-order valence-electron chi connectivity index (χ2n) is 4.19. The van der Waals surface area contributed by atoms with Crippen LogP contribution in [0, 0.1) is 0 Å². The Morgan fingerprint density at radius 3 is 2.44 bits per heavy atom. The Hall–Kier alpha value is -1.07. The zero-order chi connectivity index (χ0) is 12.4. The van der Waals surface area contributed by atoms with Crippen molar-refractivity contribution in [2.45, 2.75) is 6.10 Å². The van der Waals surface area contributed by atoms with Gasteiger partial charge in [0.2, 0.25) is 0 Å². The van der Waals surface area contributed by atoms with Gasteiger partial charge in [-0.3, -0.25) is 0 Å². The van der Waals surface area contributed by atoms with Gasteiger partial charge in [0, 0.05) is 0 Å². The van der Waals surface area contributed by atoms with Gasteiger partial charge in [0.1, 0.15) is 0 Å². The fourth-order valence-electron chi connectivity index (χ4n) is 2.14. The van der Waals surface area contributed by atoms with E-state index in [-0.39, 0.29) is 27.0 Å². The average Bonchev–Trinajstić information content (AvgIpc) is 2.47. The number of rotatable bonds is 2. The first-order valence-corrected chi connectivity index (χ1v) is 8.28. The molecule has 2 aromatic rings. The van der Waals surface area contributed by atoms with E-state index in [2.05, 4.69) is 60.7 Å². The minimum absolute atomic E-state index is 0.107. The first kappa shape index (κ1) is 12.0. The Morgan fingerprint density at radius 2 is 1.67 bits per heavy atom. The van der Waals surface area contributed by atoms with Crippen LogP contribution in [0.1, 0.15) is 17.2 Å². The normalized spacial score (nSPS) is 18.1. The Morgan fingerprint density at radius 1 is 0.944 bits per heavy atom. The van der Waals surface area contributed by atoms with Crippen molar-refractivity contribution in [3.8, 4) is 0 Å². The summed E-state index contributed by atoms with van der Waals surface area (Å²) in [5, 5.41) is 0. The molecule has 0 aliphatic carbocycles. The molecule has 0 fully saturated rings. The molecule has 0 radical (unpaired) electrons. The van der Waals surface area contributed by atoms with E-state index < -0.39 is 0 Å². The van der Waals surface area contributed by atoms with Gasteiger partial charge >= 0.3 is 118 Å².